The summed E-state index contributed by atoms with van der Waals surface area (Å²) in [4.78, 5) is 39.5. The monoisotopic (exact) mass is 858 g/mol. The number of alkyl halides is 2. The lowest BCUT2D eigenvalue weighted by molar-refractivity contribution is -0.398. The second-order valence-electron chi connectivity index (χ2n) is 19.1. The molecule has 0 unspecified atom stereocenters. The van der Waals surface area contributed by atoms with Gasteiger partial charge in [-0.05, 0) is 89.5 Å². The molecule has 344 valence electrons. The van der Waals surface area contributed by atoms with Crippen molar-refractivity contribution in [2.45, 2.75) is 205 Å². The van der Waals surface area contributed by atoms with Crippen molar-refractivity contribution in [1.29, 1.82) is 0 Å². The highest BCUT2D eigenvalue weighted by Gasteiger charge is 2.63. The Morgan fingerprint density at radius 2 is 1.60 bits per heavy atom. The summed E-state index contributed by atoms with van der Waals surface area (Å²) < 4.78 is 64.7. The van der Waals surface area contributed by atoms with Gasteiger partial charge in [0.05, 0.1) is 53.7 Å². The Morgan fingerprint density at radius 3 is 2.20 bits per heavy atom. The van der Waals surface area contributed by atoms with Crippen LogP contribution in [0.2, 0.25) is 0 Å². The maximum Gasteiger partial charge on any atom is 0.407 e. The first-order valence-electron chi connectivity index (χ1n) is 22.6. The fourth-order valence-corrected chi connectivity index (χ4v) is 11.0. The summed E-state index contributed by atoms with van der Waals surface area (Å²) in [6.07, 6.45) is 1.09. The van der Waals surface area contributed by atoms with E-state index in [-0.39, 0.29) is 30.0 Å². The molecule has 0 aromatic rings. The average Bonchev–Trinajstić information content (AvgIpc) is 3.54. The molecule has 0 aromatic heterocycles. The molecule has 4 N–H and O–H groups in total. The van der Waals surface area contributed by atoms with Gasteiger partial charge in [-0.2, -0.15) is 0 Å². The van der Waals surface area contributed by atoms with Crippen LogP contribution in [0.4, 0.5) is 13.6 Å². The number of amides is 1. The SMILES string of the molecule is CC[C@@H](C(=O)[C@@H](C)[C@@H](O)[C@H](C)[C@@H]1O[C@@H]([C@@H](CC)C(=O)O)CC[C@@H]1C)[C@H]1O[C@]2(C=C[C@@H](NC(=O)OCC(F)F)[C@]3(CC[C@@](C)([C@H]4CC[C@](O)(CC)[C@H](C)O4)O3)O2)[C@H](C)C[C@@H]1C. The predicted molar refractivity (Wildman–Crippen MR) is 217 cm³/mol. The van der Waals surface area contributed by atoms with Crippen molar-refractivity contribution in [3.05, 3.63) is 12.2 Å². The van der Waals surface area contributed by atoms with Gasteiger partial charge in [0.25, 0.3) is 6.43 Å². The molecule has 0 saturated carbocycles. The number of carboxylic acids is 1. The van der Waals surface area contributed by atoms with Crippen molar-refractivity contribution in [3.63, 3.8) is 0 Å². The Balaban J connectivity index is 1.39. The second-order valence-corrected chi connectivity index (χ2v) is 19.1. The Hall–Kier alpha value is -2.27. The number of ketones is 1. The first kappa shape index (κ1) is 48.8. The van der Waals surface area contributed by atoms with Gasteiger partial charge in [0.2, 0.25) is 0 Å². The lowest BCUT2D eigenvalue weighted by atomic mass is 9.72. The molecule has 0 bridgehead atoms. The van der Waals surface area contributed by atoms with Gasteiger partial charge in [0, 0.05) is 30.1 Å². The molecule has 15 heteroatoms. The molecule has 5 heterocycles. The van der Waals surface area contributed by atoms with Gasteiger partial charge in [-0.3, -0.25) is 9.59 Å². The number of rotatable bonds is 15. The number of ether oxygens (including phenoxy) is 6. The summed E-state index contributed by atoms with van der Waals surface area (Å²) >= 11 is 0. The van der Waals surface area contributed by atoms with E-state index in [1.807, 2.05) is 62.3 Å². The molecule has 0 aliphatic carbocycles. The van der Waals surface area contributed by atoms with E-state index in [4.69, 9.17) is 28.4 Å². The van der Waals surface area contributed by atoms with Gasteiger partial charge in [0.15, 0.2) is 18.2 Å². The number of carbonyl (C=O) groups is 3. The molecule has 18 atom stereocenters. The molecule has 5 aliphatic heterocycles. The minimum absolute atomic E-state index is 0.0591. The third-order valence-electron chi connectivity index (χ3n) is 15.1. The summed E-state index contributed by atoms with van der Waals surface area (Å²) in [6, 6.07) is -0.968. The van der Waals surface area contributed by atoms with E-state index >= 15 is 0 Å². The third-order valence-corrected chi connectivity index (χ3v) is 15.1. The summed E-state index contributed by atoms with van der Waals surface area (Å²) in [6.45, 7) is 18.0. The van der Waals surface area contributed by atoms with Gasteiger partial charge in [-0.15, -0.1) is 0 Å². The molecule has 2 spiro atoms. The molecule has 13 nitrogen and oxygen atoms in total. The minimum Gasteiger partial charge on any atom is -0.481 e. The number of aliphatic carboxylic acids is 1. The highest BCUT2D eigenvalue weighted by molar-refractivity contribution is 5.84. The molecule has 60 heavy (non-hydrogen) atoms. The number of alkyl carbamates (subject to hydrolysis) is 1. The van der Waals surface area contributed by atoms with E-state index in [1.54, 1.807) is 19.1 Å². The zero-order valence-corrected chi connectivity index (χ0v) is 37.4. The van der Waals surface area contributed by atoms with Gasteiger partial charge in [-0.25, -0.2) is 13.6 Å². The van der Waals surface area contributed by atoms with Crippen molar-refractivity contribution in [2.24, 2.45) is 41.4 Å². The van der Waals surface area contributed by atoms with Crippen molar-refractivity contribution in [1.82, 2.24) is 5.32 Å². The van der Waals surface area contributed by atoms with E-state index < -0.39 is 114 Å². The Labute approximate surface area is 355 Å². The first-order chi connectivity index (χ1) is 28.1. The molecule has 4 fully saturated rings. The normalized spacial score (nSPS) is 42.1. The van der Waals surface area contributed by atoms with Gasteiger partial charge in [-0.1, -0.05) is 61.5 Å². The first-order valence-corrected chi connectivity index (χ1v) is 22.6. The second kappa shape index (κ2) is 19.2. The van der Waals surface area contributed by atoms with Crippen LogP contribution >= 0.6 is 0 Å². The topological polar surface area (TPSA) is 179 Å². The Kier molecular flexibility index (Phi) is 15.6. The van der Waals surface area contributed by atoms with Gasteiger partial charge < -0.3 is 49.1 Å². The highest BCUT2D eigenvalue weighted by atomic mass is 19.3. The molecular formula is C45H73F2NO12. The van der Waals surface area contributed by atoms with E-state index in [0.29, 0.717) is 51.4 Å². The highest BCUT2D eigenvalue weighted by Crippen LogP contribution is 2.54. The molecule has 5 aliphatic rings. The van der Waals surface area contributed by atoms with Crippen LogP contribution in [0.25, 0.3) is 0 Å². The van der Waals surface area contributed by atoms with Crippen LogP contribution in [0.5, 0.6) is 0 Å². The van der Waals surface area contributed by atoms with Crippen LogP contribution in [0.3, 0.4) is 0 Å². The maximum absolute atomic E-state index is 14.6. The lowest BCUT2D eigenvalue weighted by Crippen LogP contribution is -2.65. The van der Waals surface area contributed by atoms with Crippen LogP contribution < -0.4 is 5.32 Å². The summed E-state index contributed by atoms with van der Waals surface area (Å²) in [5.74, 6) is -6.85. The minimum atomic E-state index is -2.85. The zero-order chi connectivity index (χ0) is 44.5. The number of hydrogen-bond acceptors (Lipinski definition) is 11. The van der Waals surface area contributed by atoms with Crippen LogP contribution in [-0.2, 0) is 38.0 Å². The summed E-state index contributed by atoms with van der Waals surface area (Å²) in [5.41, 5.74) is -1.90. The predicted octanol–water partition coefficient (Wildman–Crippen LogP) is 7.19. The van der Waals surface area contributed by atoms with Crippen molar-refractivity contribution in [2.75, 3.05) is 6.61 Å². The van der Waals surface area contributed by atoms with E-state index in [1.165, 1.54) is 0 Å². The van der Waals surface area contributed by atoms with Crippen LogP contribution in [0.1, 0.15) is 133 Å². The smallest absolute Gasteiger partial charge is 0.407 e. The molecule has 0 aromatic carbocycles. The lowest BCUT2D eigenvalue weighted by Gasteiger charge is -2.55. The molecule has 1 amide bonds. The largest absolute Gasteiger partial charge is 0.481 e. The molecule has 0 radical (unpaired) electrons. The van der Waals surface area contributed by atoms with Crippen molar-refractivity contribution in [3.8, 4) is 0 Å². The summed E-state index contributed by atoms with van der Waals surface area (Å²) in [5, 5.41) is 35.5. The Morgan fingerprint density at radius 1 is 0.917 bits per heavy atom. The fraction of sp³-hybridized carbons (Fsp3) is 0.889. The number of aliphatic hydroxyl groups is 2. The van der Waals surface area contributed by atoms with Crippen LogP contribution in [0.15, 0.2) is 12.2 Å². The van der Waals surface area contributed by atoms with Gasteiger partial charge in [0.1, 0.15) is 11.8 Å². The average molecular weight is 858 g/mol. The molecule has 4 saturated heterocycles. The van der Waals surface area contributed by atoms with Crippen molar-refractivity contribution < 1.29 is 66.9 Å². The number of carboxylic acid groups (broad SMARTS) is 1. The zero-order valence-electron chi connectivity index (χ0n) is 37.4. The Bertz CT molecular complexity index is 1540. The quantitative estimate of drug-likeness (QED) is 0.122. The standard InChI is InChI=1S/C45H73F2NO12/c1-11-30(40(51)52)32-15-14-24(4)38(57-32)28(8)36(49)27(7)37(50)31(12-2)39-25(5)22-26(6)44(58-39)19-16-33(48-41(53)55-23-35(46)47)45(60-44)21-20-42(10,59-45)34-17-18-43(54,13-3)29(9)56-34/h16,19,24-36,38-39,49,54H,11-15,17-18,20-23H2,1-10H3,(H,48,53)(H,51,52)/t24-,25-,26+,27-,28-,29-,30+,31-,32+,33+,34+,36+,38+,39-,42-,43+,44-,45-/m0/s1. The van der Waals surface area contributed by atoms with E-state index in [0.717, 1.165) is 6.42 Å². The van der Waals surface area contributed by atoms with Crippen LogP contribution in [0, 0.1) is 41.4 Å². The van der Waals surface area contributed by atoms with E-state index in [9.17, 15) is 38.5 Å². The van der Waals surface area contributed by atoms with Crippen LogP contribution in [-0.4, -0.2) is 112 Å². The number of nitrogens with one attached hydrogen (secondary N) is 1. The molecular weight excluding hydrogens is 784 g/mol. The van der Waals surface area contributed by atoms with E-state index in [2.05, 4.69) is 5.32 Å². The maximum atomic E-state index is 14.6. The third kappa shape index (κ3) is 9.77. The van der Waals surface area contributed by atoms with Gasteiger partial charge >= 0.3 is 12.1 Å². The number of aliphatic hydroxyl groups excluding tert-OH is 1. The fourth-order valence-electron chi connectivity index (χ4n) is 11.0. The number of carbonyl (C=O) groups excluding carboxylic acids is 2. The summed E-state index contributed by atoms with van der Waals surface area (Å²) in [7, 11) is 0. The molecule has 5 rings (SSSR count). The number of hydrogen-bond donors (Lipinski definition) is 4. The van der Waals surface area contributed by atoms with Crippen molar-refractivity contribution >= 4 is 17.8 Å². The number of Topliss-reactive ketones (excluding diaryl/α,β-unsaturated/α-hetero) is 1. The number of halogens is 2.